The van der Waals surface area contributed by atoms with Gasteiger partial charge in [-0.15, -0.1) is 0 Å². The Labute approximate surface area is 195 Å². The number of carboxylic acid groups (broad SMARTS) is 1. The van der Waals surface area contributed by atoms with E-state index < -0.39 is 23.9 Å². The lowest BCUT2D eigenvalue weighted by atomic mass is 9.74. The molecule has 1 aliphatic heterocycles. The minimum Gasteiger partial charge on any atom is -0.491 e. The number of likely N-dealkylation sites (tertiary alicyclic amines) is 1. The number of carboxylic acids is 1. The predicted octanol–water partition coefficient (Wildman–Crippen LogP) is 3.11. The van der Waals surface area contributed by atoms with Gasteiger partial charge in [-0.2, -0.15) is 0 Å². The second-order valence-corrected chi connectivity index (χ2v) is 9.02. The summed E-state index contributed by atoms with van der Waals surface area (Å²) in [6.07, 6.45) is 5.28. The van der Waals surface area contributed by atoms with Gasteiger partial charge in [0.1, 0.15) is 11.8 Å². The summed E-state index contributed by atoms with van der Waals surface area (Å²) in [6.45, 7) is 7.54. The molecule has 8 heteroatoms. The summed E-state index contributed by atoms with van der Waals surface area (Å²) in [7, 11) is 3.37. The summed E-state index contributed by atoms with van der Waals surface area (Å²) in [5.41, 5.74) is 1.11. The van der Waals surface area contributed by atoms with E-state index in [2.05, 4.69) is 30.3 Å². The van der Waals surface area contributed by atoms with Gasteiger partial charge >= 0.3 is 11.9 Å². The number of rotatable bonds is 9. The van der Waals surface area contributed by atoms with Crippen molar-refractivity contribution in [1.82, 2.24) is 10.2 Å². The van der Waals surface area contributed by atoms with Gasteiger partial charge in [0.25, 0.3) is 5.91 Å². The molecule has 1 saturated heterocycles. The second-order valence-electron chi connectivity index (χ2n) is 9.02. The van der Waals surface area contributed by atoms with Crippen molar-refractivity contribution in [2.45, 2.75) is 57.9 Å². The van der Waals surface area contributed by atoms with E-state index in [-0.39, 0.29) is 17.1 Å². The molecule has 1 amide bonds. The van der Waals surface area contributed by atoms with Crippen LogP contribution in [0.25, 0.3) is 0 Å². The van der Waals surface area contributed by atoms with E-state index in [1.54, 1.807) is 19.9 Å². The molecule has 182 valence electrons. The number of carbonyl (C=O) groups excluding carboxylic acids is 2. The quantitative estimate of drug-likeness (QED) is 0.252. The van der Waals surface area contributed by atoms with Gasteiger partial charge in [0.15, 0.2) is 5.76 Å². The van der Waals surface area contributed by atoms with Crippen LogP contribution in [0.5, 0.6) is 5.75 Å². The number of esters is 1. The Morgan fingerprint density at radius 2 is 2.00 bits per heavy atom. The summed E-state index contributed by atoms with van der Waals surface area (Å²) in [5, 5.41) is 11.6. The van der Waals surface area contributed by atoms with Crippen LogP contribution in [0.2, 0.25) is 0 Å². The molecular weight excluding hydrogens is 424 g/mol. The lowest BCUT2D eigenvalue weighted by Gasteiger charge is -2.35. The minimum absolute atomic E-state index is 0.0101. The molecule has 0 radical (unpaired) electrons. The molecule has 0 aliphatic carbocycles. The molecule has 1 aliphatic rings. The third-order valence-electron chi connectivity index (χ3n) is 6.27. The van der Waals surface area contributed by atoms with E-state index in [0.717, 1.165) is 44.0 Å². The Kier molecular flexibility index (Phi) is 9.46. The third kappa shape index (κ3) is 7.05. The van der Waals surface area contributed by atoms with Crippen molar-refractivity contribution in [3.05, 3.63) is 41.7 Å². The molecule has 1 heterocycles. The van der Waals surface area contributed by atoms with Crippen molar-refractivity contribution in [1.29, 1.82) is 0 Å². The van der Waals surface area contributed by atoms with Crippen LogP contribution in [-0.2, 0) is 24.5 Å². The molecule has 2 rings (SSSR count). The molecule has 1 aromatic carbocycles. The van der Waals surface area contributed by atoms with E-state index in [4.69, 9.17) is 9.47 Å². The van der Waals surface area contributed by atoms with Crippen LogP contribution >= 0.6 is 0 Å². The van der Waals surface area contributed by atoms with Gasteiger partial charge in [0, 0.05) is 12.0 Å². The Morgan fingerprint density at radius 1 is 1.27 bits per heavy atom. The predicted molar refractivity (Wildman–Crippen MR) is 125 cm³/mol. The fourth-order valence-corrected chi connectivity index (χ4v) is 4.33. The van der Waals surface area contributed by atoms with Gasteiger partial charge in [0.2, 0.25) is 0 Å². The standard InChI is InChI=1S/C25H36N2O6/c1-6-25(12-7-8-13-27(4)16-25)18-10-9-11-19(14-18)33-21(28)15-20(32-5)23(29)26-22(17(2)3)24(30)31/h9-11,14-15,17,22H,6-8,12-13,16H2,1-5H3,(H,26,29)(H,30,31)/b20-15+/t22-,25?/m0/s1. The van der Waals surface area contributed by atoms with Crippen LogP contribution in [0.15, 0.2) is 36.1 Å². The zero-order chi connectivity index (χ0) is 24.6. The van der Waals surface area contributed by atoms with Crippen molar-refractivity contribution in [3.63, 3.8) is 0 Å². The smallest absolute Gasteiger partial charge is 0.340 e. The first-order valence-electron chi connectivity index (χ1n) is 11.4. The fraction of sp³-hybridized carbons (Fsp3) is 0.560. The maximum atomic E-state index is 12.5. The Balaban J connectivity index is 2.18. The summed E-state index contributed by atoms with van der Waals surface area (Å²) >= 11 is 0. The SMILES string of the molecule is CCC1(c2cccc(OC(=O)/C=C(/OC)C(=O)N[C@H](C(=O)O)C(C)C)c2)CCCCN(C)C1. The van der Waals surface area contributed by atoms with Gasteiger partial charge in [-0.25, -0.2) is 9.59 Å². The molecule has 2 N–H and O–H groups in total. The molecule has 0 saturated carbocycles. The number of hydrogen-bond donors (Lipinski definition) is 2. The minimum atomic E-state index is -1.16. The van der Waals surface area contributed by atoms with E-state index in [0.29, 0.717) is 5.75 Å². The number of hydrogen-bond acceptors (Lipinski definition) is 6. The van der Waals surface area contributed by atoms with Crippen molar-refractivity contribution in [2.75, 3.05) is 27.2 Å². The largest absolute Gasteiger partial charge is 0.491 e. The van der Waals surface area contributed by atoms with Gasteiger partial charge in [-0.05, 0) is 56.5 Å². The van der Waals surface area contributed by atoms with E-state index >= 15 is 0 Å². The highest BCUT2D eigenvalue weighted by Crippen LogP contribution is 2.37. The van der Waals surface area contributed by atoms with E-state index in [1.807, 2.05) is 12.1 Å². The highest BCUT2D eigenvalue weighted by atomic mass is 16.5. The third-order valence-corrected chi connectivity index (χ3v) is 6.27. The number of benzene rings is 1. The fourth-order valence-electron chi connectivity index (χ4n) is 4.33. The van der Waals surface area contributed by atoms with Crippen molar-refractivity contribution >= 4 is 17.8 Å². The number of carbonyl (C=O) groups is 3. The van der Waals surface area contributed by atoms with E-state index in [1.165, 1.54) is 13.5 Å². The van der Waals surface area contributed by atoms with Crippen molar-refractivity contribution in [3.8, 4) is 5.75 Å². The number of likely N-dealkylation sites (N-methyl/N-ethyl adjacent to an activating group) is 1. The molecule has 0 aromatic heterocycles. The Morgan fingerprint density at radius 3 is 2.61 bits per heavy atom. The zero-order valence-electron chi connectivity index (χ0n) is 20.2. The molecule has 1 fully saturated rings. The highest BCUT2D eigenvalue weighted by Gasteiger charge is 2.33. The summed E-state index contributed by atoms with van der Waals surface area (Å²) in [6, 6.07) is 6.42. The second kappa shape index (κ2) is 11.8. The van der Waals surface area contributed by atoms with Gasteiger partial charge in [-0.1, -0.05) is 39.3 Å². The summed E-state index contributed by atoms with van der Waals surface area (Å²) in [5.74, 6) is -3.02. The van der Waals surface area contributed by atoms with Gasteiger partial charge in [-0.3, -0.25) is 4.79 Å². The number of nitrogens with zero attached hydrogens (tertiary/aromatic N) is 1. The lowest BCUT2D eigenvalue weighted by Crippen LogP contribution is -2.45. The van der Waals surface area contributed by atoms with Crippen LogP contribution in [0.3, 0.4) is 0 Å². The molecule has 2 atom stereocenters. The van der Waals surface area contributed by atoms with Crippen LogP contribution < -0.4 is 10.1 Å². The average molecular weight is 461 g/mol. The Hall–Kier alpha value is -2.87. The first kappa shape index (κ1) is 26.4. The molecule has 0 spiro atoms. The van der Waals surface area contributed by atoms with Crippen molar-refractivity contribution in [2.24, 2.45) is 5.92 Å². The average Bonchev–Trinajstić information content (AvgIpc) is 2.97. The Bertz CT molecular complexity index is 881. The summed E-state index contributed by atoms with van der Waals surface area (Å²) < 4.78 is 10.5. The van der Waals surface area contributed by atoms with E-state index in [9.17, 15) is 19.5 Å². The van der Waals surface area contributed by atoms with Crippen LogP contribution in [0.4, 0.5) is 0 Å². The van der Waals surface area contributed by atoms with Crippen molar-refractivity contribution < 1.29 is 29.0 Å². The summed E-state index contributed by atoms with van der Waals surface area (Å²) in [4.78, 5) is 38.6. The monoisotopic (exact) mass is 460 g/mol. The number of aliphatic carboxylic acids is 1. The molecule has 1 unspecified atom stereocenters. The first-order valence-corrected chi connectivity index (χ1v) is 11.4. The highest BCUT2D eigenvalue weighted by molar-refractivity contribution is 5.99. The number of methoxy groups -OCH3 is 1. The first-order chi connectivity index (χ1) is 15.6. The molecular formula is C25H36N2O6. The number of ether oxygens (including phenoxy) is 2. The van der Waals surface area contributed by atoms with Gasteiger partial charge < -0.3 is 24.8 Å². The molecule has 0 bridgehead atoms. The molecule has 1 aromatic rings. The number of amides is 1. The normalized spacial score (nSPS) is 20.6. The maximum Gasteiger partial charge on any atom is 0.340 e. The van der Waals surface area contributed by atoms with Crippen LogP contribution in [-0.4, -0.2) is 61.1 Å². The number of nitrogens with one attached hydrogen (secondary N) is 1. The van der Waals surface area contributed by atoms with Gasteiger partial charge in [0.05, 0.1) is 13.2 Å². The van der Waals surface area contributed by atoms with Crippen LogP contribution in [0, 0.1) is 5.92 Å². The zero-order valence-corrected chi connectivity index (χ0v) is 20.2. The molecule has 8 nitrogen and oxygen atoms in total. The molecule has 33 heavy (non-hydrogen) atoms. The lowest BCUT2D eigenvalue weighted by molar-refractivity contribution is -0.142. The van der Waals surface area contributed by atoms with Crippen LogP contribution in [0.1, 0.15) is 52.0 Å². The topological polar surface area (TPSA) is 105 Å². The maximum absolute atomic E-state index is 12.5.